The summed E-state index contributed by atoms with van der Waals surface area (Å²) in [6.45, 7) is 8.33. The van der Waals surface area contributed by atoms with Crippen molar-refractivity contribution in [2.24, 2.45) is 29.0 Å². The Morgan fingerprint density at radius 1 is 1.05 bits per heavy atom. The molecule has 6 N–H and O–H groups in total. The Morgan fingerprint density at radius 3 is 1.79 bits per heavy atom. The van der Waals surface area contributed by atoms with Crippen LogP contribution in [-0.2, 0) is 0 Å². The average molecular weight is 282 g/mol. The summed E-state index contributed by atoms with van der Waals surface area (Å²) in [4.78, 5) is 0.359. The van der Waals surface area contributed by atoms with Gasteiger partial charge in [-0.15, -0.1) is 0 Å². The molecule has 0 spiro atoms. The van der Waals surface area contributed by atoms with Crippen LogP contribution in [0.25, 0.3) is 0 Å². The second kappa shape index (κ2) is 11.5. The fourth-order valence-corrected chi connectivity index (χ4v) is 1.48. The molecule has 0 atom stereocenters. The summed E-state index contributed by atoms with van der Waals surface area (Å²) >= 11 is 4.65. The largest absolute Gasteiger partial charge is 0.402 e. The van der Waals surface area contributed by atoms with E-state index < -0.39 is 0 Å². The zero-order valence-corrected chi connectivity index (χ0v) is 13.1. The molecular weight excluding hydrogens is 256 g/mol. The third-order valence-electron chi connectivity index (χ3n) is 1.87. The first-order valence-electron chi connectivity index (χ1n) is 6.28. The van der Waals surface area contributed by atoms with Gasteiger partial charge in [-0.1, -0.05) is 39.9 Å². The molecule has 0 aromatic carbocycles. The molecule has 0 aliphatic heterocycles. The number of nitrogens with zero attached hydrogens (tertiary/aromatic N) is 1. The van der Waals surface area contributed by atoms with Crippen molar-refractivity contribution in [2.75, 3.05) is 0 Å². The van der Waals surface area contributed by atoms with Gasteiger partial charge < -0.3 is 17.2 Å². The van der Waals surface area contributed by atoms with Crippen LogP contribution in [0.1, 0.15) is 40.5 Å². The molecule has 0 bridgehead atoms. The fraction of sp³-hybridized carbons (Fsp3) is 0.571. The minimum atomic E-state index is 0.359. The Kier molecular flexibility index (Phi) is 12.0. The number of thiocarbonyl (C=S) groups is 1. The Hall–Kier alpha value is -1.54. The molecule has 0 aliphatic carbocycles. The normalized spacial score (nSPS) is 11.8. The summed E-state index contributed by atoms with van der Waals surface area (Å²) in [5.74, 6) is 1.10. The third kappa shape index (κ3) is 19.0. The standard InChI is InChI=1S/C7H14N2S.C7H12N2/c1-5(2)3-6(8)4-7(9)10;1-6(2)5-7(9)3-4-8/h4-5H,3,8H2,1-2H3,(H2,9,10);3,6H,5,9H2,1-2H3/b6-4-;7-3-. The van der Waals surface area contributed by atoms with Gasteiger partial charge in [-0.2, -0.15) is 5.26 Å². The Balaban J connectivity index is 0. The molecule has 4 nitrogen and oxygen atoms in total. The molecule has 0 aliphatic rings. The average Bonchev–Trinajstić information content (AvgIpc) is 2.13. The summed E-state index contributed by atoms with van der Waals surface area (Å²) in [6, 6.07) is 1.89. The molecule has 108 valence electrons. The quantitative estimate of drug-likeness (QED) is 0.408. The van der Waals surface area contributed by atoms with Crippen LogP contribution in [0.5, 0.6) is 0 Å². The maximum Gasteiger partial charge on any atom is 0.0979 e. The van der Waals surface area contributed by atoms with Crippen LogP contribution in [0, 0.1) is 23.2 Å². The highest BCUT2D eigenvalue weighted by Crippen LogP contribution is 2.04. The molecule has 0 fully saturated rings. The maximum atomic E-state index is 8.14. The first-order chi connectivity index (χ1) is 8.68. The topological polar surface area (TPSA) is 102 Å². The van der Waals surface area contributed by atoms with Crippen LogP contribution in [0.15, 0.2) is 23.5 Å². The Labute approximate surface area is 122 Å². The maximum absolute atomic E-state index is 8.14. The molecule has 5 heteroatoms. The van der Waals surface area contributed by atoms with Gasteiger partial charge >= 0.3 is 0 Å². The molecule has 0 amide bonds. The van der Waals surface area contributed by atoms with Crippen molar-refractivity contribution in [3.63, 3.8) is 0 Å². The van der Waals surface area contributed by atoms with Crippen molar-refractivity contribution in [3.8, 4) is 6.07 Å². The van der Waals surface area contributed by atoms with Gasteiger partial charge in [0.2, 0.25) is 0 Å². The van der Waals surface area contributed by atoms with E-state index in [1.807, 2.05) is 6.07 Å². The number of hydrogen-bond acceptors (Lipinski definition) is 4. The molecule has 0 aromatic rings. The number of allylic oxidation sites excluding steroid dienone is 3. The van der Waals surface area contributed by atoms with E-state index in [0.29, 0.717) is 22.5 Å². The molecule has 0 unspecified atom stereocenters. The van der Waals surface area contributed by atoms with Gasteiger partial charge in [0.1, 0.15) is 0 Å². The van der Waals surface area contributed by atoms with Crippen molar-refractivity contribution in [2.45, 2.75) is 40.5 Å². The zero-order chi connectivity index (χ0) is 15.4. The minimum Gasteiger partial charge on any atom is -0.402 e. The van der Waals surface area contributed by atoms with Crippen LogP contribution >= 0.6 is 12.2 Å². The smallest absolute Gasteiger partial charge is 0.0979 e. The van der Waals surface area contributed by atoms with Crippen LogP contribution in [-0.4, -0.2) is 4.99 Å². The van der Waals surface area contributed by atoms with E-state index >= 15 is 0 Å². The molecule has 0 heterocycles. The van der Waals surface area contributed by atoms with Crippen LogP contribution in [0.4, 0.5) is 0 Å². The van der Waals surface area contributed by atoms with E-state index in [4.69, 9.17) is 22.5 Å². The first-order valence-corrected chi connectivity index (χ1v) is 6.69. The van der Waals surface area contributed by atoms with Gasteiger partial charge in [-0.25, -0.2) is 0 Å². The summed E-state index contributed by atoms with van der Waals surface area (Å²) < 4.78 is 0. The van der Waals surface area contributed by atoms with Gasteiger partial charge in [0.15, 0.2) is 0 Å². The highest BCUT2D eigenvalue weighted by molar-refractivity contribution is 7.80. The summed E-state index contributed by atoms with van der Waals surface area (Å²) in [6.07, 6.45) is 4.69. The lowest BCUT2D eigenvalue weighted by molar-refractivity contribution is 0.638. The molecule has 19 heavy (non-hydrogen) atoms. The van der Waals surface area contributed by atoms with Crippen molar-refractivity contribution < 1.29 is 0 Å². The monoisotopic (exact) mass is 282 g/mol. The fourth-order valence-electron chi connectivity index (χ4n) is 1.33. The van der Waals surface area contributed by atoms with Crippen molar-refractivity contribution in [1.29, 1.82) is 5.26 Å². The molecule has 0 radical (unpaired) electrons. The second-order valence-electron chi connectivity index (χ2n) is 5.17. The third-order valence-corrected chi connectivity index (χ3v) is 1.98. The zero-order valence-electron chi connectivity index (χ0n) is 12.3. The van der Waals surface area contributed by atoms with Gasteiger partial charge in [0.05, 0.1) is 11.1 Å². The molecule has 0 aromatic heterocycles. The summed E-state index contributed by atoms with van der Waals surface area (Å²) in [7, 11) is 0. The van der Waals surface area contributed by atoms with Gasteiger partial charge in [-0.05, 0) is 30.8 Å². The summed E-state index contributed by atoms with van der Waals surface area (Å²) in [5, 5.41) is 8.14. The van der Waals surface area contributed by atoms with Crippen LogP contribution < -0.4 is 17.2 Å². The van der Waals surface area contributed by atoms with E-state index in [2.05, 4.69) is 39.9 Å². The van der Waals surface area contributed by atoms with E-state index in [0.717, 1.165) is 18.5 Å². The predicted octanol–water partition coefficient (Wildman–Crippen LogP) is 2.56. The number of hydrogen-bond donors (Lipinski definition) is 3. The molecule has 0 rings (SSSR count). The highest BCUT2D eigenvalue weighted by atomic mass is 32.1. The Bertz CT molecular complexity index is 362. The number of rotatable bonds is 5. The Morgan fingerprint density at radius 2 is 1.47 bits per heavy atom. The van der Waals surface area contributed by atoms with E-state index in [9.17, 15) is 0 Å². The van der Waals surface area contributed by atoms with E-state index in [1.165, 1.54) is 6.08 Å². The molecular formula is C14H26N4S. The minimum absolute atomic E-state index is 0.359. The van der Waals surface area contributed by atoms with E-state index in [1.54, 1.807) is 6.08 Å². The molecule has 0 saturated carbocycles. The lowest BCUT2D eigenvalue weighted by Crippen LogP contribution is -2.09. The highest BCUT2D eigenvalue weighted by Gasteiger charge is 1.95. The predicted molar refractivity (Wildman–Crippen MR) is 85.8 cm³/mol. The second-order valence-corrected chi connectivity index (χ2v) is 5.64. The number of nitrogens with two attached hydrogens (primary N) is 3. The van der Waals surface area contributed by atoms with Crippen LogP contribution in [0.2, 0.25) is 0 Å². The van der Waals surface area contributed by atoms with Gasteiger partial charge in [-0.3, -0.25) is 0 Å². The number of nitriles is 1. The van der Waals surface area contributed by atoms with Gasteiger partial charge in [0, 0.05) is 17.5 Å². The van der Waals surface area contributed by atoms with E-state index in [-0.39, 0.29) is 0 Å². The first kappa shape index (κ1) is 19.8. The van der Waals surface area contributed by atoms with Crippen LogP contribution in [0.3, 0.4) is 0 Å². The SMILES string of the molecule is CC(C)C/C(N)=C/C#N.CC(C)C/C(N)=C/C(N)=S. The molecule has 0 saturated heterocycles. The lowest BCUT2D eigenvalue weighted by Gasteiger charge is -2.03. The van der Waals surface area contributed by atoms with Crippen molar-refractivity contribution in [1.82, 2.24) is 0 Å². The van der Waals surface area contributed by atoms with Crippen molar-refractivity contribution in [3.05, 3.63) is 23.5 Å². The van der Waals surface area contributed by atoms with Crippen molar-refractivity contribution >= 4 is 17.2 Å². The lowest BCUT2D eigenvalue weighted by atomic mass is 10.1. The summed E-state index contributed by atoms with van der Waals surface area (Å²) in [5.41, 5.74) is 17.7. The van der Waals surface area contributed by atoms with Gasteiger partial charge in [0.25, 0.3) is 0 Å².